The standard InChI is InChI=1S/C27H28FN5O4/c1-32-16-19(27(34)33-11-5-4-6-12-33)26(31-32)30-17-7-8-23(20(28)13-17)37-22-9-10-29-21-15-25(36-3)24(35-2)14-18(21)22/h7-10,13-16H,4-6,11-12H2,1-3H3,(H,30,31). The number of methoxy groups -OCH3 is 2. The summed E-state index contributed by atoms with van der Waals surface area (Å²) in [4.78, 5) is 19.2. The molecule has 1 fully saturated rings. The third-order valence-corrected chi connectivity index (χ3v) is 6.32. The van der Waals surface area contributed by atoms with Gasteiger partial charge in [0.25, 0.3) is 5.91 Å². The van der Waals surface area contributed by atoms with E-state index in [1.807, 2.05) is 4.90 Å². The van der Waals surface area contributed by atoms with Crippen LogP contribution in [-0.2, 0) is 7.05 Å². The summed E-state index contributed by atoms with van der Waals surface area (Å²) in [5.74, 6) is 1.24. The summed E-state index contributed by atoms with van der Waals surface area (Å²) >= 11 is 0. The summed E-state index contributed by atoms with van der Waals surface area (Å²) in [7, 11) is 4.84. The first-order valence-corrected chi connectivity index (χ1v) is 12.0. The van der Waals surface area contributed by atoms with E-state index in [1.54, 1.807) is 62.6 Å². The maximum Gasteiger partial charge on any atom is 0.259 e. The van der Waals surface area contributed by atoms with Crippen molar-refractivity contribution in [2.24, 2.45) is 7.05 Å². The van der Waals surface area contributed by atoms with Crippen LogP contribution in [0.1, 0.15) is 29.6 Å². The van der Waals surface area contributed by atoms with Crippen molar-refractivity contribution in [1.29, 1.82) is 0 Å². The van der Waals surface area contributed by atoms with E-state index in [-0.39, 0.29) is 11.7 Å². The number of nitrogens with one attached hydrogen (secondary N) is 1. The lowest BCUT2D eigenvalue weighted by atomic mass is 10.1. The van der Waals surface area contributed by atoms with Crippen LogP contribution in [0.4, 0.5) is 15.9 Å². The molecule has 0 spiro atoms. The second-order valence-electron chi connectivity index (χ2n) is 8.82. The van der Waals surface area contributed by atoms with Gasteiger partial charge in [-0.15, -0.1) is 0 Å². The van der Waals surface area contributed by atoms with Crippen LogP contribution >= 0.6 is 0 Å². The highest BCUT2D eigenvalue weighted by Crippen LogP contribution is 2.37. The highest BCUT2D eigenvalue weighted by atomic mass is 19.1. The van der Waals surface area contributed by atoms with E-state index in [2.05, 4.69) is 15.4 Å². The Morgan fingerprint density at radius 3 is 2.46 bits per heavy atom. The number of halogens is 1. The van der Waals surface area contributed by atoms with Gasteiger partial charge in [-0.3, -0.25) is 14.5 Å². The molecule has 5 rings (SSSR count). The molecule has 3 heterocycles. The molecule has 1 saturated heterocycles. The molecule has 4 aromatic rings. The predicted octanol–water partition coefficient (Wildman–Crippen LogP) is 5.29. The summed E-state index contributed by atoms with van der Waals surface area (Å²) in [6.45, 7) is 1.46. The highest BCUT2D eigenvalue weighted by Gasteiger charge is 2.23. The molecule has 1 aliphatic rings. The van der Waals surface area contributed by atoms with Gasteiger partial charge in [-0.05, 0) is 43.5 Å². The number of benzene rings is 2. The van der Waals surface area contributed by atoms with Crippen molar-refractivity contribution in [3.63, 3.8) is 0 Å². The number of nitrogens with zero attached hydrogens (tertiary/aromatic N) is 4. The van der Waals surface area contributed by atoms with Gasteiger partial charge in [-0.2, -0.15) is 5.10 Å². The Kier molecular flexibility index (Phi) is 6.80. The molecule has 0 atom stereocenters. The number of hydrogen-bond donors (Lipinski definition) is 1. The topological polar surface area (TPSA) is 90.7 Å². The van der Waals surface area contributed by atoms with E-state index in [0.717, 1.165) is 32.4 Å². The average molecular weight is 506 g/mol. The minimum atomic E-state index is -0.574. The lowest BCUT2D eigenvalue weighted by molar-refractivity contribution is 0.0725. The predicted molar refractivity (Wildman–Crippen MR) is 138 cm³/mol. The van der Waals surface area contributed by atoms with Crippen LogP contribution in [0.25, 0.3) is 10.9 Å². The smallest absolute Gasteiger partial charge is 0.259 e. The van der Waals surface area contributed by atoms with Gasteiger partial charge < -0.3 is 24.4 Å². The normalized spacial score (nSPS) is 13.5. The van der Waals surface area contributed by atoms with Gasteiger partial charge in [0.2, 0.25) is 0 Å². The first-order valence-electron chi connectivity index (χ1n) is 12.0. The highest BCUT2D eigenvalue weighted by molar-refractivity contribution is 5.99. The Hall–Kier alpha value is -4.34. The van der Waals surface area contributed by atoms with Crippen molar-refractivity contribution in [2.75, 3.05) is 32.6 Å². The lowest BCUT2D eigenvalue weighted by Crippen LogP contribution is -2.35. The van der Waals surface area contributed by atoms with E-state index in [1.165, 1.54) is 12.1 Å². The largest absolute Gasteiger partial charge is 0.493 e. The number of aryl methyl sites for hydroxylation is 1. The first-order chi connectivity index (χ1) is 18.0. The Labute approximate surface area is 213 Å². The lowest BCUT2D eigenvalue weighted by Gasteiger charge is -2.26. The number of fused-ring (bicyclic) bond motifs is 1. The van der Waals surface area contributed by atoms with Gasteiger partial charge in [0.1, 0.15) is 11.3 Å². The molecule has 0 saturated carbocycles. The maximum absolute atomic E-state index is 15.1. The summed E-state index contributed by atoms with van der Waals surface area (Å²) in [6, 6.07) is 9.65. The zero-order chi connectivity index (χ0) is 25.9. The fraction of sp³-hybridized carbons (Fsp3) is 0.296. The number of carbonyl (C=O) groups is 1. The quantitative estimate of drug-likeness (QED) is 0.365. The number of pyridine rings is 1. The molecule has 0 unspecified atom stereocenters. The summed E-state index contributed by atoms with van der Waals surface area (Å²) < 4.78 is 33.4. The van der Waals surface area contributed by atoms with Crippen LogP contribution in [0.3, 0.4) is 0 Å². The second-order valence-corrected chi connectivity index (χ2v) is 8.82. The zero-order valence-corrected chi connectivity index (χ0v) is 21.0. The van der Waals surface area contributed by atoms with Crippen LogP contribution in [0.2, 0.25) is 0 Å². The fourth-order valence-electron chi connectivity index (χ4n) is 4.46. The molecule has 0 bridgehead atoms. The van der Waals surface area contributed by atoms with Gasteiger partial charge in [0, 0.05) is 55.7 Å². The second kappa shape index (κ2) is 10.3. The fourth-order valence-corrected chi connectivity index (χ4v) is 4.46. The molecule has 1 aliphatic heterocycles. The Balaban J connectivity index is 1.38. The van der Waals surface area contributed by atoms with Crippen molar-refractivity contribution in [3.05, 3.63) is 60.2 Å². The van der Waals surface area contributed by atoms with Gasteiger partial charge >= 0.3 is 0 Å². The molecule has 9 nitrogen and oxygen atoms in total. The molecule has 0 radical (unpaired) electrons. The molecule has 10 heteroatoms. The van der Waals surface area contributed by atoms with E-state index in [0.29, 0.717) is 45.2 Å². The summed E-state index contributed by atoms with van der Waals surface area (Å²) in [6.07, 6.45) is 6.39. The van der Waals surface area contributed by atoms with Gasteiger partial charge in [0.15, 0.2) is 28.9 Å². The Morgan fingerprint density at radius 1 is 0.973 bits per heavy atom. The number of aromatic nitrogens is 3. The number of rotatable bonds is 7. The molecule has 2 aromatic carbocycles. The molecule has 37 heavy (non-hydrogen) atoms. The molecule has 0 aliphatic carbocycles. The number of likely N-dealkylation sites (tertiary alicyclic amines) is 1. The Morgan fingerprint density at radius 2 is 1.73 bits per heavy atom. The van der Waals surface area contributed by atoms with Crippen molar-refractivity contribution in [3.8, 4) is 23.0 Å². The van der Waals surface area contributed by atoms with E-state index in [9.17, 15) is 4.79 Å². The third-order valence-electron chi connectivity index (χ3n) is 6.32. The first kappa shape index (κ1) is 24.4. The summed E-state index contributed by atoms with van der Waals surface area (Å²) in [5, 5.41) is 8.12. The van der Waals surface area contributed by atoms with Gasteiger partial charge in [-0.1, -0.05) is 0 Å². The average Bonchev–Trinajstić information content (AvgIpc) is 3.29. The number of piperidine rings is 1. The van der Waals surface area contributed by atoms with Gasteiger partial charge in [0.05, 0.1) is 19.7 Å². The number of ether oxygens (including phenoxy) is 3. The minimum absolute atomic E-state index is 0.0403. The van der Waals surface area contributed by atoms with E-state index in [4.69, 9.17) is 14.2 Å². The number of anilines is 2. The maximum atomic E-state index is 15.1. The van der Waals surface area contributed by atoms with E-state index >= 15 is 4.39 Å². The van der Waals surface area contributed by atoms with Crippen molar-refractivity contribution < 1.29 is 23.4 Å². The molecule has 1 N–H and O–H groups in total. The monoisotopic (exact) mass is 505 g/mol. The van der Waals surface area contributed by atoms with Crippen molar-refractivity contribution in [1.82, 2.24) is 19.7 Å². The molecule has 2 aromatic heterocycles. The van der Waals surface area contributed by atoms with Crippen molar-refractivity contribution >= 4 is 28.3 Å². The Bertz CT molecular complexity index is 1450. The molecular weight excluding hydrogens is 477 g/mol. The molecule has 1 amide bonds. The zero-order valence-electron chi connectivity index (χ0n) is 21.0. The SMILES string of the molecule is COc1cc2nccc(Oc3ccc(Nc4nn(C)cc4C(=O)N4CCCCC4)cc3F)c2cc1OC. The van der Waals surface area contributed by atoms with Crippen LogP contribution in [0, 0.1) is 5.82 Å². The van der Waals surface area contributed by atoms with Crippen LogP contribution in [0.15, 0.2) is 48.8 Å². The van der Waals surface area contributed by atoms with E-state index < -0.39 is 5.82 Å². The summed E-state index contributed by atoms with van der Waals surface area (Å²) in [5.41, 5.74) is 1.52. The molecular formula is C27H28FN5O4. The van der Waals surface area contributed by atoms with Crippen molar-refractivity contribution in [2.45, 2.75) is 19.3 Å². The van der Waals surface area contributed by atoms with Crippen LogP contribution < -0.4 is 19.5 Å². The van der Waals surface area contributed by atoms with Crippen LogP contribution in [-0.4, -0.2) is 52.9 Å². The molecule has 192 valence electrons. The number of hydrogen-bond acceptors (Lipinski definition) is 7. The number of amides is 1. The third kappa shape index (κ3) is 5.00. The minimum Gasteiger partial charge on any atom is -0.493 e. The van der Waals surface area contributed by atoms with Gasteiger partial charge in [-0.25, -0.2) is 4.39 Å². The number of carbonyl (C=O) groups excluding carboxylic acids is 1. The van der Waals surface area contributed by atoms with Crippen LogP contribution in [0.5, 0.6) is 23.0 Å².